The highest BCUT2D eigenvalue weighted by Gasteiger charge is 2.21. The molecule has 0 saturated heterocycles. The number of hydrogen-bond acceptors (Lipinski definition) is 1. The fraction of sp³-hybridized carbons (Fsp3) is 0. The van der Waals surface area contributed by atoms with Crippen molar-refractivity contribution in [1.29, 1.82) is 0 Å². The van der Waals surface area contributed by atoms with Crippen LogP contribution in [0.2, 0.25) is 0 Å². The minimum atomic E-state index is 1.07. The molecular weight excluding hydrogens is 835 g/mol. The van der Waals surface area contributed by atoms with Gasteiger partial charge in [-0.1, -0.05) is 182 Å². The summed E-state index contributed by atoms with van der Waals surface area (Å²) in [6.45, 7) is 0. The zero-order valence-corrected chi connectivity index (χ0v) is 37.8. The summed E-state index contributed by atoms with van der Waals surface area (Å²) < 4.78 is 4.79. The minimum Gasteiger partial charge on any atom is -0.310 e. The first-order valence-electron chi connectivity index (χ1n) is 23.7. The molecule has 324 valence electrons. The largest absolute Gasteiger partial charge is 0.310 e. The number of benzene rings is 11. The van der Waals surface area contributed by atoms with Gasteiger partial charge in [-0.3, -0.25) is 0 Å². The Labute approximate surface area is 401 Å². The number of anilines is 3. The second-order valence-electron chi connectivity index (χ2n) is 17.7. The van der Waals surface area contributed by atoms with Gasteiger partial charge in [0.2, 0.25) is 0 Å². The summed E-state index contributed by atoms with van der Waals surface area (Å²) in [7, 11) is 0. The summed E-state index contributed by atoms with van der Waals surface area (Å²) in [5.41, 5.74) is 19.6. The highest BCUT2D eigenvalue weighted by molar-refractivity contribution is 6.16. The van der Waals surface area contributed by atoms with E-state index in [0.717, 1.165) is 45.1 Å². The lowest BCUT2D eigenvalue weighted by molar-refractivity contribution is 1.18. The third-order valence-corrected chi connectivity index (χ3v) is 13.7. The SMILES string of the molecule is c1ccc(-c2ccc(N(c3ccc(-c4ccccc4)cc3)c3cc(-c4ccc(-n5c6ccccc6c6ccccc65)cc4)cc(-c4cccc5c4c4ccccc4n5-c4ccccc4)c3)cc2)cc1. The van der Waals surface area contributed by atoms with Gasteiger partial charge in [0.25, 0.3) is 0 Å². The maximum absolute atomic E-state index is 2.41. The van der Waals surface area contributed by atoms with E-state index in [1.807, 2.05) is 0 Å². The van der Waals surface area contributed by atoms with Gasteiger partial charge in [-0.25, -0.2) is 0 Å². The summed E-state index contributed by atoms with van der Waals surface area (Å²) in [6, 6.07) is 99.3. The fourth-order valence-electron chi connectivity index (χ4n) is 10.5. The zero-order valence-electron chi connectivity index (χ0n) is 37.8. The summed E-state index contributed by atoms with van der Waals surface area (Å²) in [5.74, 6) is 0. The Balaban J connectivity index is 1.03. The Morgan fingerprint density at radius 2 is 0.623 bits per heavy atom. The molecule has 0 aliphatic heterocycles. The number of fused-ring (bicyclic) bond motifs is 6. The molecule has 0 atom stereocenters. The van der Waals surface area contributed by atoms with E-state index in [9.17, 15) is 0 Å². The number of para-hydroxylation sites is 4. The van der Waals surface area contributed by atoms with Crippen LogP contribution in [0.15, 0.2) is 273 Å². The molecule has 2 aromatic heterocycles. The molecular formula is C66H45N3. The molecule has 0 unspecified atom stereocenters. The van der Waals surface area contributed by atoms with Gasteiger partial charge in [-0.2, -0.15) is 0 Å². The van der Waals surface area contributed by atoms with Gasteiger partial charge in [-0.05, 0) is 136 Å². The van der Waals surface area contributed by atoms with E-state index >= 15 is 0 Å². The van der Waals surface area contributed by atoms with Crippen molar-refractivity contribution in [2.45, 2.75) is 0 Å². The molecule has 13 aromatic rings. The van der Waals surface area contributed by atoms with Crippen molar-refractivity contribution >= 4 is 60.7 Å². The van der Waals surface area contributed by atoms with Crippen LogP contribution in [-0.2, 0) is 0 Å². The maximum Gasteiger partial charge on any atom is 0.0547 e. The minimum absolute atomic E-state index is 1.07. The first-order chi connectivity index (χ1) is 34.2. The first kappa shape index (κ1) is 40.1. The van der Waals surface area contributed by atoms with Crippen molar-refractivity contribution in [3.05, 3.63) is 273 Å². The average Bonchev–Trinajstić information content (AvgIpc) is 3.95. The molecule has 0 saturated carbocycles. The first-order valence-corrected chi connectivity index (χ1v) is 23.7. The Morgan fingerprint density at radius 1 is 0.232 bits per heavy atom. The monoisotopic (exact) mass is 879 g/mol. The van der Waals surface area contributed by atoms with E-state index < -0.39 is 0 Å². The molecule has 3 heteroatoms. The standard InChI is InChI=1S/C66H45N3/c1-4-17-46(18-5-1)48-31-37-54(38-32-48)67(55-39-33-49(34-40-55)47-19-6-2-7-20-47)57-44-51(50-35-41-56(42-36-50)68-62-27-13-10-23-59(62)60-24-11-14-28-63(60)68)43-52(45-57)58-26-16-30-65-66(58)61-25-12-15-29-64(61)69(65)53-21-8-3-9-22-53/h1-45H. The van der Waals surface area contributed by atoms with E-state index in [-0.39, 0.29) is 0 Å². The quantitative estimate of drug-likeness (QED) is 0.141. The van der Waals surface area contributed by atoms with Crippen molar-refractivity contribution in [3.63, 3.8) is 0 Å². The second-order valence-corrected chi connectivity index (χ2v) is 17.7. The van der Waals surface area contributed by atoms with Crippen molar-refractivity contribution < 1.29 is 0 Å². The molecule has 0 spiro atoms. The van der Waals surface area contributed by atoms with Crippen LogP contribution in [0, 0.1) is 0 Å². The lowest BCUT2D eigenvalue weighted by Gasteiger charge is -2.27. The van der Waals surface area contributed by atoms with Gasteiger partial charge >= 0.3 is 0 Å². The zero-order chi connectivity index (χ0) is 45.7. The summed E-state index contributed by atoms with van der Waals surface area (Å²) in [6.07, 6.45) is 0. The lowest BCUT2D eigenvalue weighted by atomic mass is 9.94. The fourth-order valence-corrected chi connectivity index (χ4v) is 10.5. The second kappa shape index (κ2) is 16.9. The van der Waals surface area contributed by atoms with Crippen LogP contribution in [0.1, 0.15) is 0 Å². The van der Waals surface area contributed by atoms with Crippen LogP contribution in [0.3, 0.4) is 0 Å². The van der Waals surface area contributed by atoms with Gasteiger partial charge in [0, 0.05) is 50.0 Å². The smallest absolute Gasteiger partial charge is 0.0547 e. The molecule has 11 aromatic carbocycles. The third kappa shape index (κ3) is 7.08. The predicted molar refractivity (Wildman–Crippen MR) is 292 cm³/mol. The summed E-state index contributed by atoms with van der Waals surface area (Å²) in [5, 5.41) is 4.96. The summed E-state index contributed by atoms with van der Waals surface area (Å²) >= 11 is 0. The van der Waals surface area contributed by atoms with Gasteiger partial charge < -0.3 is 14.0 Å². The summed E-state index contributed by atoms with van der Waals surface area (Å²) in [4.78, 5) is 2.41. The van der Waals surface area contributed by atoms with E-state index in [1.54, 1.807) is 0 Å². The molecule has 0 radical (unpaired) electrons. The van der Waals surface area contributed by atoms with Gasteiger partial charge in [-0.15, -0.1) is 0 Å². The molecule has 3 nitrogen and oxygen atoms in total. The van der Waals surface area contributed by atoms with Gasteiger partial charge in [0.1, 0.15) is 0 Å². The van der Waals surface area contributed by atoms with Crippen molar-refractivity contribution in [2.75, 3.05) is 4.90 Å². The van der Waals surface area contributed by atoms with Crippen LogP contribution < -0.4 is 4.90 Å². The number of nitrogens with zero attached hydrogens (tertiary/aromatic N) is 3. The van der Waals surface area contributed by atoms with E-state index in [0.29, 0.717) is 0 Å². The van der Waals surface area contributed by atoms with Crippen LogP contribution in [-0.4, -0.2) is 9.13 Å². The topological polar surface area (TPSA) is 13.1 Å². The predicted octanol–water partition coefficient (Wildman–Crippen LogP) is 18.0. The Hall–Kier alpha value is -9.18. The Morgan fingerprint density at radius 3 is 1.19 bits per heavy atom. The molecule has 13 rings (SSSR count). The third-order valence-electron chi connectivity index (χ3n) is 13.7. The van der Waals surface area contributed by atoms with Crippen molar-refractivity contribution in [2.24, 2.45) is 0 Å². The molecule has 0 aliphatic rings. The van der Waals surface area contributed by atoms with E-state index in [4.69, 9.17) is 0 Å². The number of rotatable bonds is 9. The van der Waals surface area contributed by atoms with Crippen LogP contribution >= 0.6 is 0 Å². The molecule has 0 aliphatic carbocycles. The van der Waals surface area contributed by atoms with E-state index in [2.05, 4.69) is 287 Å². The maximum atomic E-state index is 2.41. The van der Waals surface area contributed by atoms with Crippen LogP contribution in [0.4, 0.5) is 17.1 Å². The number of aromatic nitrogens is 2. The Bertz CT molecular complexity index is 3830. The van der Waals surface area contributed by atoms with Crippen molar-refractivity contribution in [3.8, 4) is 55.9 Å². The van der Waals surface area contributed by atoms with Gasteiger partial charge in [0.05, 0.1) is 22.1 Å². The molecule has 0 bridgehead atoms. The molecule has 69 heavy (non-hydrogen) atoms. The molecule has 0 N–H and O–H groups in total. The highest BCUT2D eigenvalue weighted by atomic mass is 15.1. The van der Waals surface area contributed by atoms with Crippen molar-refractivity contribution in [1.82, 2.24) is 9.13 Å². The molecule has 2 heterocycles. The van der Waals surface area contributed by atoms with E-state index in [1.165, 1.54) is 71.4 Å². The van der Waals surface area contributed by atoms with Gasteiger partial charge in [0.15, 0.2) is 0 Å². The highest BCUT2D eigenvalue weighted by Crippen LogP contribution is 2.44. The Kier molecular flexibility index (Phi) is 9.84. The number of hydrogen-bond donors (Lipinski definition) is 0. The lowest BCUT2D eigenvalue weighted by Crippen LogP contribution is -2.10. The average molecular weight is 880 g/mol. The molecule has 0 fully saturated rings. The normalized spacial score (nSPS) is 11.5. The van der Waals surface area contributed by atoms with Crippen LogP contribution in [0.5, 0.6) is 0 Å². The molecule has 0 amide bonds. The van der Waals surface area contributed by atoms with Crippen LogP contribution in [0.25, 0.3) is 99.5 Å².